The van der Waals surface area contributed by atoms with Gasteiger partial charge in [-0.05, 0) is 54.5 Å². The summed E-state index contributed by atoms with van der Waals surface area (Å²) in [5.41, 5.74) is -5.13. The Morgan fingerprint density at radius 1 is 0.953 bits per heavy atom. The van der Waals surface area contributed by atoms with E-state index in [9.17, 15) is 44.1 Å². The smallest absolute Gasteiger partial charge is 0.191 e. The largest absolute Gasteiger partial charge is 0.507 e. The van der Waals surface area contributed by atoms with Crippen molar-refractivity contribution in [2.45, 2.75) is 66.1 Å². The van der Waals surface area contributed by atoms with E-state index in [2.05, 4.69) is 0 Å². The molecule has 8 atom stereocenters. The summed E-state index contributed by atoms with van der Waals surface area (Å²) < 4.78 is 0. The van der Waals surface area contributed by atoms with Crippen LogP contribution < -0.4 is 0 Å². The maximum absolute atomic E-state index is 14.5. The maximum Gasteiger partial charge on any atom is 0.191 e. The Kier molecular flexibility index (Phi) is 6.83. The molecule has 9 heteroatoms. The van der Waals surface area contributed by atoms with Crippen molar-refractivity contribution < 1.29 is 44.1 Å². The van der Waals surface area contributed by atoms with Crippen molar-refractivity contribution in [2.24, 2.45) is 34.5 Å². The fourth-order valence-electron chi connectivity index (χ4n) is 8.58. The molecular weight excluding hydrogens is 552 g/mol. The van der Waals surface area contributed by atoms with Crippen LogP contribution in [0.2, 0.25) is 0 Å². The molecule has 226 valence electrons. The van der Waals surface area contributed by atoms with Crippen LogP contribution >= 0.6 is 0 Å². The second kappa shape index (κ2) is 9.59. The van der Waals surface area contributed by atoms with Crippen LogP contribution in [-0.4, -0.2) is 61.7 Å². The van der Waals surface area contributed by atoms with Crippen LogP contribution in [0.5, 0.6) is 5.75 Å². The number of Topliss-reactive ketones (excluding diaryl/α,β-unsaturated/α-hetero) is 6. The third-order valence-electron chi connectivity index (χ3n) is 10.8. The lowest BCUT2D eigenvalue weighted by Gasteiger charge is -2.65. The molecule has 0 radical (unpaired) electrons. The number of phenols is 1. The van der Waals surface area contributed by atoms with Crippen LogP contribution in [0, 0.1) is 34.5 Å². The van der Waals surface area contributed by atoms with E-state index in [4.69, 9.17) is 0 Å². The molecule has 3 unspecified atom stereocenters. The molecule has 43 heavy (non-hydrogen) atoms. The van der Waals surface area contributed by atoms with Crippen LogP contribution in [0.25, 0.3) is 11.1 Å². The zero-order chi connectivity index (χ0) is 32.1. The van der Waals surface area contributed by atoms with Crippen molar-refractivity contribution in [3.8, 4) is 16.9 Å². The van der Waals surface area contributed by atoms with Crippen LogP contribution in [0.3, 0.4) is 0 Å². The second-order valence-corrected chi connectivity index (χ2v) is 13.2. The lowest BCUT2D eigenvalue weighted by atomic mass is 9.37. The summed E-state index contributed by atoms with van der Waals surface area (Å²) in [7, 11) is 0. The van der Waals surface area contributed by atoms with Crippen molar-refractivity contribution >= 4 is 34.7 Å². The minimum absolute atomic E-state index is 0.179. The number of fused-ring (bicyclic) bond motifs is 3. The number of aliphatic hydroxyl groups excluding tert-OH is 1. The molecule has 0 aliphatic heterocycles. The molecule has 0 amide bonds. The van der Waals surface area contributed by atoms with Crippen LogP contribution in [0.4, 0.5) is 0 Å². The molecule has 2 saturated carbocycles. The van der Waals surface area contributed by atoms with E-state index in [1.807, 2.05) is 0 Å². The molecular formula is C34H36O9. The molecule has 2 fully saturated rings. The number of aliphatic hydroxyl groups is 2. The first-order valence-corrected chi connectivity index (χ1v) is 14.4. The Labute approximate surface area is 249 Å². The van der Waals surface area contributed by atoms with E-state index in [0.717, 1.165) is 6.92 Å². The minimum Gasteiger partial charge on any atom is -0.507 e. The number of carbonyl (C=O) groups excluding carboxylic acids is 6. The summed E-state index contributed by atoms with van der Waals surface area (Å²) in [6.45, 7) is 10.3. The van der Waals surface area contributed by atoms with Crippen molar-refractivity contribution in [3.63, 3.8) is 0 Å². The standard InChI is InChI=1S/C34H36O9/c1-14(2)25-27(38)23(17(5)36)29(40)34(43)30(41)26-28(39)24-21(37)12-11-20(19-10-8-9-18(13-19)16(4)35)22(24)15(3)32(26,6)31(42)33(25,34)7/h8-15,23,25-26,31,37,42-43H,1-7H3/t15-,23?,25?,26?,31-,32+,33+,34+/m1/s1. The van der Waals surface area contributed by atoms with Gasteiger partial charge in [0.25, 0.3) is 0 Å². The first kappa shape index (κ1) is 30.6. The van der Waals surface area contributed by atoms with E-state index in [-0.39, 0.29) is 11.3 Å². The van der Waals surface area contributed by atoms with Gasteiger partial charge in [0.15, 0.2) is 34.5 Å². The molecule has 2 aromatic rings. The Bertz CT molecular complexity index is 1650. The van der Waals surface area contributed by atoms with Crippen LogP contribution in [0.15, 0.2) is 36.4 Å². The molecule has 2 aromatic carbocycles. The molecule has 3 N–H and O–H groups in total. The van der Waals surface area contributed by atoms with Crippen LogP contribution in [-0.2, 0) is 19.2 Å². The van der Waals surface area contributed by atoms with Crippen molar-refractivity contribution in [1.82, 2.24) is 0 Å². The summed E-state index contributed by atoms with van der Waals surface area (Å²) >= 11 is 0. The highest BCUT2D eigenvalue weighted by atomic mass is 16.3. The molecule has 0 bridgehead atoms. The van der Waals surface area contributed by atoms with Gasteiger partial charge in [-0.2, -0.15) is 0 Å². The lowest BCUT2D eigenvalue weighted by Crippen LogP contribution is -2.82. The second-order valence-electron chi connectivity index (χ2n) is 13.2. The van der Waals surface area contributed by atoms with Crippen molar-refractivity contribution in [3.05, 3.63) is 53.1 Å². The third kappa shape index (κ3) is 3.58. The Hall–Kier alpha value is -3.82. The van der Waals surface area contributed by atoms with Crippen molar-refractivity contribution in [2.75, 3.05) is 0 Å². The normalized spacial score (nSPS) is 35.3. The minimum atomic E-state index is -3.02. The summed E-state index contributed by atoms with van der Waals surface area (Å²) in [5, 5.41) is 35.6. The van der Waals surface area contributed by atoms with Gasteiger partial charge in [0.1, 0.15) is 17.5 Å². The summed E-state index contributed by atoms with van der Waals surface area (Å²) in [6, 6.07) is 9.62. The zero-order valence-corrected chi connectivity index (χ0v) is 25.2. The third-order valence-corrected chi connectivity index (χ3v) is 10.8. The highest BCUT2D eigenvalue weighted by Crippen LogP contribution is 2.67. The number of phenolic OH excluding ortho intramolecular Hbond substituents is 1. The van der Waals surface area contributed by atoms with Crippen molar-refractivity contribution in [1.29, 1.82) is 0 Å². The average Bonchev–Trinajstić information content (AvgIpc) is 2.93. The van der Waals surface area contributed by atoms with E-state index in [1.54, 1.807) is 51.1 Å². The fourth-order valence-corrected chi connectivity index (χ4v) is 8.58. The van der Waals surface area contributed by atoms with Gasteiger partial charge in [0.05, 0.1) is 17.6 Å². The maximum atomic E-state index is 14.5. The van der Waals surface area contributed by atoms with Gasteiger partial charge >= 0.3 is 0 Å². The predicted molar refractivity (Wildman–Crippen MR) is 154 cm³/mol. The molecule has 3 aliphatic rings. The number of aromatic hydroxyl groups is 1. The lowest BCUT2D eigenvalue weighted by molar-refractivity contribution is -0.240. The molecule has 0 aromatic heterocycles. The zero-order valence-electron chi connectivity index (χ0n) is 25.2. The summed E-state index contributed by atoms with van der Waals surface area (Å²) in [5.74, 6) is -12.0. The van der Waals surface area contributed by atoms with E-state index < -0.39 is 86.8 Å². The monoisotopic (exact) mass is 588 g/mol. The first-order chi connectivity index (χ1) is 19.9. The van der Waals surface area contributed by atoms with Gasteiger partial charge in [-0.1, -0.05) is 58.9 Å². The van der Waals surface area contributed by atoms with Gasteiger partial charge in [0.2, 0.25) is 0 Å². The Morgan fingerprint density at radius 3 is 2.14 bits per heavy atom. The number of carbonyl (C=O) groups is 6. The van der Waals surface area contributed by atoms with Gasteiger partial charge in [0, 0.05) is 22.3 Å². The Morgan fingerprint density at radius 2 is 1.58 bits per heavy atom. The SMILES string of the molecule is CC(=O)c1cccc(-c2ccc(O)c3c2[C@@H](C)[C@@]2(C)C(C3=O)C(=O)[C@@]3(O)C(=O)C(C(C)=O)C(=O)C(C(C)C)[C@@]3(C)[C@@H]2O)c1. The number of rotatable bonds is 4. The van der Waals surface area contributed by atoms with E-state index in [0.29, 0.717) is 22.3 Å². The predicted octanol–water partition coefficient (Wildman–Crippen LogP) is 3.49. The van der Waals surface area contributed by atoms with Gasteiger partial charge < -0.3 is 15.3 Å². The molecule has 9 nitrogen and oxygen atoms in total. The van der Waals surface area contributed by atoms with E-state index >= 15 is 0 Å². The number of hydrogen-bond acceptors (Lipinski definition) is 9. The van der Waals surface area contributed by atoms with Gasteiger partial charge in [-0.3, -0.25) is 28.8 Å². The van der Waals surface area contributed by atoms with Gasteiger partial charge in [-0.15, -0.1) is 0 Å². The number of ketones is 6. The molecule has 0 heterocycles. The molecule has 0 spiro atoms. The fraction of sp³-hybridized carbons (Fsp3) is 0.471. The first-order valence-electron chi connectivity index (χ1n) is 14.4. The summed E-state index contributed by atoms with van der Waals surface area (Å²) in [4.78, 5) is 81.2. The summed E-state index contributed by atoms with van der Waals surface area (Å²) in [6.07, 6.45) is -1.76. The average molecular weight is 589 g/mol. The quantitative estimate of drug-likeness (QED) is 0.358. The molecule has 3 aliphatic carbocycles. The molecule has 5 rings (SSSR count). The highest BCUT2D eigenvalue weighted by molar-refractivity contribution is 6.33. The molecule has 0 saturated heterocycles. The Balaban J connectivity index is 1.83. The number of hydrogen-bond donors (Lipinski definition) is 3. The number of benzene rings is 2. The van der Waals surface area contributed by atoms with Gasteiger partial charge in [-0.25, -0.2) is 0 Å². The topological polar surface area (TPSA) is 163 Å². The highest BCUT2D eigenvalue weighted by Gasteiger charge is 2.80. The van der Waals surface area contributed by atoms with E-state index in [1.165, 1.54) is 26.8 Å². The van der Waals surface area contributed by atoms with Crippen LogP contribution in [0.1, 0.15) is 80.7 Å².